The van der Waals surface area contributed by atoms with Gasteiger partial charge in [0.2, 0.25) is 0 Å². The highest BCUT2D eigenvalue weighted by Gasteiger charge is 2.17. The smallest absolute Gasteiger partial charge is 0.143 e. The fourth-order valence-electron chi connectivity index (χ4n) is 2.25. The molecule has 0 aromatic heterocycles. The van der Waals surface area contributed by atoms with Crippen LogP contribution >= 0.6 is 0 Å². The summed E-state index contributed by atoms with van der Waals surface area (Å²) in [7, 11) is 0. The van der Waals surface area contributed by atoms with Gasteiger partial charge in [0.15, 0.2) is 0 Å². The van der Waals surface area contributed by atoms with E-state index in [1.54, 1.807) is 6.07 Å². The zero-order valence-corrected chi connectivity index (χ0v) is 9.47. The zero-order valence-electron chi connectivity index (χ0n) is 9.47. The molecule has 0 saturated carbocycles. The number of rotatable bonds is 2. The molecule has 1 N–H and O–H groups in total. The lowest BCUT2D eigenvalue weighted by Gasteiger charge is -2.22. The molecule has 4 heteroatoms. The molecule has 0 amide bonds. The molecule has 1 aliphatic heterocycles. The minimum Gasteiger partial charge on any atom is -0.316 e. The third-order valence-electron chi connectivity index (χ3n) is 3.16. The summed E-state index contributed by atoms with van der Waals surface area (Å²) in [6, 6.07) is 3.89. The minimum absolute atomic E-state index is 0.0785. The first-order chi connectivity index (χ1) is 8.20. The van der Waals surface area contributed by atoms with Gasteiger partial charge in [0.25, 0.3) is 0 Å². The summed E-state index contributed by atoms with van der Waals surface area (Å²) in [5.74, 6) is -0.960. The van der Waals surface area contributed by atoms with Gasteiger partial charge in [-0.05, 0) is 49.9 Å². The average Bonchev–Trinajstić information content (AvgIpc) is 2.34. The van der Waals surface area contributed by atoms with Gasteiger partial charge in [-0.1, -0.05) is 0 Å². The maximum Gasteiger partial charge on any atom is 0.143 e. The Kier molecular flexibility index (Phi) is 3.70. The lowest BCUT2D eigenvalue weighted by Crippen LogP contribution is -2.31. The van der Waals surface area contributed by atoms with Crippen LogP contribution in [-0.2, 0) is 6.42 Å². The van der Waals surface area contributed by atoms with Gasteiger partial charge in [0.1, 0.15) is 17.7 Å². The summed E-state index contributed by atoms with van der Waals surface area (Å²) in [6.07, 6.45) is 2.69. The largest absolute Gasteiger partial charge is 0.316 e. The maximum atomic E-state index is 13.6. The van der Waals surface area contributed by atoms with E-state index in [2.05, 4.69) is 5.32 Å². The van der Waals surface area contributed by atoms with Gasteiger partial charge in [-0.15, -0.1) is 0 Å². The molecule has 2 nitrogen and oxygen atoms in total. The van der Waals surface area contributed by atoms with E-state index >= 15 is 0 Å². The number of hydrogen-bond acceptors (Lipinski definition) is 2. The lowest BCUT2D eigenvalue weighted by molar-refractivity contribution is 0.371. The second kappa shape index (κ2) is 5.24. The van der Waals surface area contributed by atoms with E-state index in [1.807, 2.05) is 0 Å². The normalized spacial score (nSPS) is 19.9. The number of nitrogens with zero attached hydrogens (tertiary/aromatic N) is 1. The first-order valence-corrected chi connectivity index (χ1v) is 5.79. The van der Waals surface area contributed by atoms with E-state index in [1.165, 1.54) is 6.07 Å². The molecule has 2 rings (SSSR count). The average molecular weight is 236 g/mol. The Labute approximate surface area is 99.3 Å². The Hall–Kier alpha value is -1.47. The van der Waals surface area contributed by atoms with E-state index in [0.717, 1.165) is 32.0 Å². The van der Waals surface area contributed by atoms with Gasteiger partial charge in [0.05, 0.1) is 5.56 Å². The Morgan fingerprint density at radius 3 is 2.82 bits per heavy atom. The van der Waals surface area contributed by atoms with Crippen molar-refractivity contribution in [2.45, 2.75) is 19.3 Å². The molecule has 0 aliphatic carbocycles. The molecule has 1 heterocycles. The number of halogens is 2. The van der Waals surface area contributed by atoms with Gasteiger partial charge in [-0.3, -0.25) is 0 Å². The minimum atomic E-state index is -0.782. The lowest BCUT2D eigenvalue weighted by atomic mass is 9.91. The SMILES string of the molecule is N#Cc1cc(CC2CCCNC2)c(F)cc1F. The molecule has 1 aliphatic rings. The van der Waals surface area contributed by atoms with Gasteiger partial charge in [0, 0.05) is 6.07 Å². The van der Waals surface area contributed by atoms with Crippen molar-refractivity contribution < 1.29 is 8.78 Å². The van der Waals surface area contributed by atoms with E-state index in [9.17, 15) is 8.78 Å². The van der Waals surface area contributed by atoms with Gasteiger partial charge < -0.3 is 5.32 Å². The van der Waals surface area contributed by atoms with Crippen LogP contribution < -0.4 is 5.32 Å². The third-order valence-corrected chi connectivity index (χ3v) is 3.16. The van der Waals surface area contributed by atoms with Gasteiger partial charge >= 0.3 is 0 Å². The quantitative estimate of drug-likeness (QED) is 0.855. The monoisotopic (exact) mass is 236 g/mol. The summed E-state index contributed by atoms with van der Waals surface area (Å²) >= 11 is 0. The molecule has 0 radical (unpaired) electrons. The predicted molar refractivity (Wildman–Crippen MR) is 60.4 cm³/mol. The van der Waals surface area contributed by atoms with Gasteiger partial charge in [-0.2, -0.15) is 5.26 Å². The highest BCUT2D eigenvalue weighted by molar-refractivity contribution is 5.35. The number of benzene rings is 1. The number of nitrogens with one attached hydrogen (secondary N) is 1. The number of nitriles is 1. The highest BCUT2D eigenvalue weighted by Crippen LogP contribution is 2.21. The fraction of sp³-hybridized carbons (Fsp3) is 0.462. The van der Waals surface area contributed by atoms with E-state index in [0.29, 0.717) is 17.9 Å². The van der Waals surface area contributed by atoms with Gasteiger partial charge in [-0.25, -0.2) is 8.78 Å². The van der Waals surface area contributed by atoms with Crippen molar-refractivity contribution in [3.63, 3.8) is 0 Å². The topological polar surface area (TPSA) is 35.8 Å². The van der Waals surface area contributed by atoms with Crippen molar-refractivity contribution in [1.29, 1.82) is 5.26 Å². The molecule has 1 saturated heterocycles. The van der Waals surface area contributed by atoms with E-state index < -0.39 is 11.6 Å². The van der Waals surface area contributed by atoms with Crippen LogP contribution in [0.15, 0.2) is 12.1 Å². The summed E-state index contributed by atoms with van der Waals surface area (Å²) in [6.45, 7) is 1.87. The summed E-state index contributed by atoms with van der Waals surface area (Å²) in [5, 5.41) is 12.0. The van der Waals surface area contributed by atoms with E-state index in [4.69, 9.17) is 5.26 Å². The Morgan fingerprint density at radius 2 is 2.18 bits per heavy atom. The van der Waals surface area contributed by atoms with Crippen molar-refractivity contribution in [2.75, 3.05) is 13.1 Å². The van der Waals surface area contributed by atoms with E-state index in [-0.39, 0.29) is 5.56 Å². The molecule has 0 spiro atoms. The molecule has 0 bridgehead atoms. The third kappa shape index (κ3) is 2.80. The standard InChI is InChI=1S/C13H14F2N2/c14-12-6-13(15)11(7-16)5-10(12)4-9-2-1-3-17-8-9/h5-6,9,17H,1-4,8H2. The fourth-order valence-corrected chi connectivity index (χ4v) is 2.25. The van der Waals surface area contributed by atoms with Crippen molar-refractivity contribution >= 4 is 0 Å². The molecule has 1 unspecified atom stereocenters. The Morgan fingerprint density at radius 1 is 1.35 bits per heavy atom. The van der Waals surface area contributed by atoms with Crippen LogP contribution in [0.5, 0.6) is 0 Å². The van der Waals surface area contributed by atoms with Crippen LogP contribution in [-0.4, -0.2) is 13.1 Å². The first kappa shape index (κ1) is 12.0. The second-order valence-electron chi connectivity index (χ2n) is 4.45. The second-order valence-corrected chi connectivity index (χ2v) is 4.45. The maximum absolute atomic E-state index is 13.6. The van der Waals surface area contributed by atoms with Crippen molar-refractivity contribution in [2.24, 2.45) is 5.92 Å². The van der Waals surface area contributed by atoms with Crippen LogP contribution in [0.3, 0.4) is 0 Å². The highest BCUT2D eigenvalue weighted by atomic mass is 19.1. The Balaban J connectivity index is 2.17. The van der Waals surface area contributed by atoms with Crippen molar-refractivity contribution in [3.8, 4) is 6.07 Å². The van der Waals surface area contributed by atoms with Crippen LogP contribution in [0.4, 0.5) is 8.78 Å². The molecular formula is C13H14F2N2. The Bertz CT molecular complexity index is 445. The summed E-state index contributed by atoms with van der Waals surface area (Å²) < 4.78 is 26.7. The summed E-state index contributed by atoms with van der Waals surface area (Å²) in [5.41, 5.74) is 0.363. The molecule has 1 aromatic rings. The molecule has 1 aromatic carbocycles. The van der Waals surface area contributed by atoms with Crippen LogP contribution in [0.25, 0.3) is 0 Å². The number of piperidine rings is 1. The molecule has 90 valence electrons. The van der Waals surface area contributed by atoms with Crippen molar-refractivity contribution in [3.05, 3.63) is 34.9 Å². The van der Waals surface area contributed by atoms with Crippen LogP contribution in [0.2, 0.25) is 0 Å². The molecular weight excluding hydrogens is 222 g/mol. The predicted octanol–water partition coefficient (Wildman–Crippen LogP) is 2.38. The first-order valence-electron chi connectivity index (χ1n) is 5.79. The summed E-state index contributed by atoms with van der Waals surface area (Å²) in [4.78, 5) is 0. The number of hydrogen-bond donors (Lipinski definition) is 1. The van der Waals surface area contributed by atoms with Crippen LogP contribution in [0.1, 0.15) is 24.0 Å². The van der Waals surface area contributed by atoms with Crippen molar-refractivity contribution in [1.82, 2.24) is 5.32 Å². The molecule has 1 atom stereocenters. The van der Waals surface area contributed by atoms with Crippen LogP contribution in [0, 0.1) is 28.9 Å². The molecule has 17 heavy (non-hydrogen) atoms. The zero-order chi connectivity index (χ0) is 12.3. The molecule has 1 fully saturated rings.